The number of thiophene rings is 1. The monoisotopic (exact) mass is 339 g/mol. The first-order valence-electron chi connectivity index (χ1n) is 6.59. The van der Waals surface area contributed by atoms with Crippen LogP contribution in [0.15, 0.2) is 12.1 Å². The van der Waals surface area contributed by atoms with Crippen LogP contribution in [0.4, 0.5) is 5.13 Å². The van der Waals surface area contributed by atoms with Gasteiger partial charge in [-0.05, 0) is 33.0 Å². The third-order valence-corrected chi connectivity index (χ3v) is 4.92. The second-order valence-electron chi connectivity index (χ2n) is 4.97. The van der Waals surface area contributed by atoms with Gasteiger partial charge < -0.3 is 10.4 Å². The third kappa shape index (κ3) is 4.36. The van der Waals surface area contributed by atoms with E-state index >= 15 is 0 Å². The first-order valence-corrected chi connectivity index (χ1v) is 8.23. The molecule has 0 aromatic carbocycles. The number of aromatic nitrogens is 1. The van der Waals surface area contributed by atoms with Crippen molar-refractivity contribution in [2.45, 2.75) is 20.4 Å². The fourth-order valence-electron chi connectivity index (χ4n) is 1.94. The highest BCUT2D eigenvalue weighted by Crippen LogP contribution is 2.22. The van der Waals surface area contributed by atoms with E-state index in [2.05, 4.69) is 22.4 Å². The first kappa shape index (κ1) is 16.6. The molecule has 6 nitrogen and oxygen atoms in total. The van der Waals surface area contributed by atoms with E-state index in [0.717, 1.165) is 11.3 Å². The van der Waals surface area contributed by atoms with Gasteiger partial charge in [0.2, 0.25) is 5.91 Å². The van der Waals surface area contributed by atoms with Crippen LogP contribution in [0.5, 0.6) is 0 Å². The summed E-state index contributed by atoms with van der Waals surface area (Å²) in [6.45, 7) is 4.58. The molecule has 22 heavy (non-hydrogen) atoms. The van der Waals surface area contributed by atoms with Crippen LogP contribution in [0, 0.1) is 13.8 Å². The van der Waals surface area contributed by atoms with Crippen molar-refractivity contribution in [1.82, 2.24) is 9.88 Å². The molecule has 0 fully saturated rings. The zero-order chi connectivity index (χ0) is 16.3. The quantitative estimate of drug-likeness (QED) is 0.845. The molecule has 0 radical (unpaired) electrons. The van der Waals surface area contributed by atoms with E-state index in [4.69, 9.17) is 5.11 Å². The van der Waals surface area contributed by atoms with Gasteiger partial charge in [-0.2, -0.15) is 0 Å². The molecule has 2 aromatic heterocycles. The first-order chi connectivity index (χ1) is 10.3. The highest BCUT2D eigenvalue weighted by atomic mass is 32.1. The number of anilines is 1. The molecule has 2 N–H and O–H groups in total. The summed E-state index contributed by atoms with van der Waals surface area (Å²) in [7, 11) is 1.87. The predicted molar refractivity (Wildman–Crippen MR) is 87.8 cm³/mol. The number of rotatable bonds is 6. The molecule has 2 heterocycles. The molecule has 0 bridgehead atoms. The maximum Gasteiger partial charge on any atom is 0.347 e. The smallest absolute Gasteiger partial charge is 0.347 e. The van der Waals surface area contributed by atoms with Gasteiger partial charge in [-0.1, -0.05) is 11.3 Å². The number of aryl methyl sites for hydroxylation is 2. The Hall–Kier alpha value is -1.77. The zero-order valence-corrected chi connectivity index (χ0v) is 14.2. The van der Waals surface area contributed by atoms with Crippen LogP contribution in [0.3, 0.4) is 0 Å². The highest BCUT2D eigenvalue weighted by Gasteiger charge is 2.16. The van der Waals surface area contributed by atoms with E-state index in [1.807, 2.05) is 18.9 Å². The van der Waals surface area contributed by atoms with E-state index in [-0.39, 0.29) is 17.3 Å². The number of likely N-dealkylation sites (N-methyl/N-ethyl adjacent to an activating group) is 1. The van der Waals surface area contributed by atoms with E-state index < -0.39 is 5.97 Å². The van der Waals surface area contributed by atoms with Crippen molar-refractivity contribution in [1.29, 1.82) is 0 Å². The molecule has 0 atom stereocenters. The molecule has 0 aliphatic rings. The molecule has 0 spiro atoms. The van der Waals surface area contributed by atoms with Crippen LogP contribution in [0.25, 0.3) is 0 Å². The van der Waals surface area contributed by atoms with Crippen LogP contribution in [-0.2, 0) is 11.3 Å². The minimum atomic E-state index is -1.03. The Labute approximate surface area is 136 Å². The van der Waals surface area contributed by atoms with E-state index in [0.29, 0.717) is 17.4 Å². The van der Waals surface area contributed by atoms with Crippen molar-refractivity contribution < 1.29 is 14.7 Å². The number of nitrogens with one attached hydrogen (secondary N) is 1. The summed E-state index contributed by atoms with van der Waals surface area (Å²) in [5.41, 5.74) is 0.412. The van der Waals surface area contributed by atoms with Crippen molar-refractivity contribution in [3.8, 4) is 0 Å². The van der Waals surface area contributed by atoms with Gasteiger partial charge in [-0.25, -0.2) is 9.78 Å². The molecular weight excluding hydrogens is 322 g/mol. The highest BCUT2D eigenvalue weighted by molar-refractivity contribution is 7.17. The standard InChI is InChI=1S/C14H17N3O3S2/c1-8-4-5-10(21-8)6-17(3)7-11(18)16-14-15-9(2)12(22-14)13(19)20/h4-5H,6-7H2,1-3H3,(H,19,20)(H,15,16,18). The largest absolute Gasteiger partial charge is 0.477 e. The van der Waals surface area contributed by atoms with Crippen molar-refractivity contribution in [2.75, 3.05) is 18.9 Å². The van der Waals surface area contributed by atoms with Gasteiger partial charge in [0, 0.05) is 16.3 Å². The zero-order valence-electron chi connectivity index (χ0n) is 12.5. The average molecular weight is 339 g/mol. The second kappa shape index (κ2) is 6.99. The van der Waals surface area contributed by atoms with Crippen LogP contribution in [0.2, 0.25) is 0 Å². The number of carboxylic acids is 1. The number of nitrogens with zero attached hydrogens (tertiary/aromatic N) is 2. The Morgan fingerprint density at radius 2 is 2.05 bits per heavy atom. The van der Waals surface area contributed by atoms with Gasteiger partial charge >= 0.3 is 5.97 Å². The second-order valence-corrected chi connectivity index (χ2v) is 7.34. The minimum Gasteiger partial charge on any atom is -0.477 e. The number of carboxylic acid groups (broad SMARTS) is 1. The van der Waals surface area contributed by atoms with Crippen molar-refractivity contribution in [3.05, 3.63) is 32.5 Å². The van der Waals surface area contributed by atoms with Crippen molar-refractivity contribution >= 4 is 39.7 Å². The Kier molecular flexibility index (Phi) is 5.28. The number of carbonyl (C=O) groups is 2. The number of carbonyl (C=O) groups excluding carboxylic acids is 1. The lowest BCUT2D eigenvalue weighted by molar-refractivity contribution is -0.117. The summed E-state index contributed by atoms with van der Waals surface area (Å²) in [4.78, 5) is 31.5. The number of aromatic carboxylic acids is 1. The fraction of sp³-hybridized carbons (Fsp3) is 0.357. The summed E-state index contributed by atoms with van der Waals surface area (Å²) in [6, 6.07) is 4.11. The summed E-state index contributed by atoms with van der Waals surface area (Å²) < 4.78 is 0. The fourth-order valence-corrected chi connectivity index (χ4v) is 3.74. The Balaban J connectivity index is 1.89. The summed E-state index contributed by atoms with van der Waals surface area (Å²) in [5.74, 6) is -1.23. The van der Waals surface area contributed by atoms with Gasteiger partial charge in [-0.15, -0.1) is 11.3 Å². The lowest BCUT2D eigenvalue weighted by Crippen LogP contribution is -2.29. The number of hydrogen-bond acceptors (Lipinski definition) is 6. The molecule has 0 unspecified atom stereocenters. The summed E-state index contributed by atoms with van der Waals surface area (Å²) in [5, 5.41) is 11.9. The summed E-state index contributed by atoms with van der Waals surface area (Å²) in [6.07, 6.45) is 0. The van der Waals surface area contributed by atoms with Crippen LogP contribution in [0.1, 0.15) is 25.1 Å². The molecule has 8 heteroatoms. The van der Waals surface area contributed by atoms with E-state index in [9.17, 15) is 9.59 Å². The number of hydrogen-bond donors (Lipinski definition) is 2. The van der Waals surface area contributed by atoms with Crippen LogP contribution >= 0.6 is 22.7 Å². The molecule has 118 valence electrons. The minimum absolute atomic E-state index is 0.151. The van der Waals surface area contributed by atoms with Crippen LogP contribution < -0.4 is 5.32 Å². The average Bonchev–Trinajstić information content (AvgIpc) is 2.95. The van der Waals surface area contributed by atoms with Gasteiger partial charge in [0.15, 0.2) is 5.13 Å². The molecular formula is C14H17N3O3S2. The number of amides is 1. The normalized spacial score (nSPS) is 10.9. The molecule has 0 aliphatic heterocycles. The van der Waals surface area contributed by atoms with Gasteiger partial charge in [0.05, 0.1) is 12.2 Å². The van der Waals surface area contributed by atoms with Crippen LogP contribution in [-0.4, -0.2) is 40.5 Å². The van der Waals surface area contributed by atoms with Gasteiger partial charge in [0.1, 0.15) is 4.88 Å². The maximum absolute atomic E-state index is 12.0. The molecule has 2 rings (SSSR count). The van der Waals surface area contributed by atoms with E-state index in [1.54, 1.807) is 18.3 Å². The number of thiazole rings is 1. The summed E-state index contributed by atoms with van der Waals surface area (Å²) >= 11 is 2.68. The molecule has 2 aromatic rings. The SMILES string of the molecule is Cc1ccc(CN(C)CC(=O)Nc2nc(C)c(C(=O)O)s2)s1. The lowest BCUT2D eigenvalue weighted by atomic mass is 10.4. The third-order valence-electron chi connectivity index (χ3n) is 2.87. The molecule has 1 amide bonds. The Morgan fingerprint density at radius 3 is 2.59 bits per heavy atom. The molecule has 0 saturated heterocycles. The van der Waals surface area contributed by atoms with Crippen molar-refractivity contribution in [2.24, 2.45) is 0 Å². The molecule has 0 saturated carbocycles. The topological polar surface area (TPSA) is 82.5 Å². The Morgan fingerprint density at radius 1 is 1.32 bits per heavy atom. The Bertz CT molecular complexity index is 693. The molecule has 0 aliphatic carbocycles. The lowest BCUT2D eigenvalue weighted by Gasteiger charge is -2.14. The van der Waals surface area contributed by atoms with Gasteiger partial charge in [0.25, 0.3) is 0 Å². The predicted octanol–water partition coefficient (Wildman–Crippen LogP) is 2.59. The van der Waals surface area contributed by atoms with E-state index in [1.165, 1.54) is 9.75 Å². The van der Waals surface area contributed by atoms with Crippen molar-refractivity contribution in [3.63, 3.8) is 0 Å². The maximum atomic E-state index is 12.0. The van der Waals surface area contributed by atoms with Gasteiger partial charge in [-0.3, -0.25) is 9.69 Å².